The van der Waals surface area contributed by atoms with Gasteiger partial charge in [-0.15, -0.1) is 0 Å². The normalized spacial score (nSPS) is 12.8. The number of benzene rings is 1. The van der Waals surface area contributed by atoms with Crippen LogP contribution in [-0.2, 0) is 11.3 Å². The summed E-state index contributed by atoms with van der Waals surface area (Å²) >= 11 is 5.83. The second kappa shape index (κ2) is 7.52. The van der Waals surface area contributed by atoms with Crippen LogP contribution in [0.3, 0.4) is 0 Å². The van der Waals surface area contributed by atoms with Crippen molar-refractivity contribution < 1.29 is 14.6 Å². The standard InChI is InChI=1S/C15H23ClN2O3/c1-10(18-14(20)21-15(2,3)4)8-17-9-11-6-5-7-12(16)13(11)19/h5-7,10,17,19H,8-9H2,1-4H3,(H,18,20). The molecule has 0 spiro atoms. The van der Waals surface area contributed by atoms with Gasteiger partial charge in [0.1, 0.15) is 11.4 Å². The molecule has 1 unspecified atom stereocenters. The number of aromatic hydroxyl groups is 1. The third-order valence-corrected chi connectivity index (χ3v) is 2.90. The van der Waals surface area contributed by atoms with E-state index in [2.05, 4.69) is 10.6 Å². The van der Waals surface area contributed by atoms with Crippen molar-refractivity contribution in [3.05, 3.63) is 28.8 Å². The van der Waals surface area contributed by atoms with E-state index in [0.717, 1.165) is 0 Å². The average molecular weight is 315 g/mol. The maximum atomic E-state index is 11.6. The van der Waals surface area contributed by atoms with Gasteiger partial charge >= 0.3 is 6.09 Å². The predicted octanol–water partition coefficient (Wildman–Crippen LogP) is 3.05. The van der Waals surface area contributed by atoms with Gasteiger partial charge in [-0.05, 0) is 33.8 Å². The van der Waals surface area contributed by atoms with Gasteiger partial charge < -0.3 is 20.5 Å². The summed E-state index contributed by atoms with van der Waals surface area (Å²) in [5.74, 6) is 0.0828. The lowest BCUT2D eigenvalue weighted by Crippen LogP contribution is -2.42. The van der Waals surface area contributed by atoms with Crippen LogP contribution >= 0.6 is 11.6 Å². The Balaban J connectivity index is 2.35. The van der Waals surface area contributed by atoms with E-state index in [0.29, 0.717) is 23.7 Å². The van der Waals surface area contributed by atoms with Crippen molar-refractivity contribution in [2.24, 2.45) is 0 Å². The highest BCUT2D eigenvalue weighted by Gasteiger charge is 2.17. The number of phenolic OH excluding ortho intramolecular Hbond substituents is 1. The van der Waals surface area contributed by atoms with Gasteiger partial charge in [0, 0.05) is 24.7 Å². The molecule has 0 saturated carbocycles. The van der Waals surface area contributed by atoms with Crippen LogP contribution in [0.1, 0.15) is 33.3 Å². The largest absolute Gasteiger partial charge is 0.506 e. The summed E-state index contributed by atoms with van der Waals surface area (Å²) in [6, 6.07) is 5.11. The molecule has 0 aliphatic rings. The second-order valence-corrected chi connectivity index (χ2v) is 6.33. The van der Waals surface area contributed by atoms with Crippen LogP contribution in [-0.4, -0.2) is 29.4 Å². The Morgan fingerprint density at radius 3 is 2.71 bits per heavy atom. The Bertz CT molecular complexity index is 486. The van der Waals surface area contributed by atoms with Gasteiger partial charge in [0.05, 0.1) is 5.02 Å². The van der Waals surface area contributed by atoms with E-state index >= 15 is 0 Å². The van der Waals surface area contributed by atoms with Crippen LogP contribution in [0.5, 0.6) is 5.75 Å². The van der Waals surface area contributed by atoms with Crippen molar-refractivity contribution >= 4 is 17.7 Å². The van der Waals surface area contributed by atoms with E-state index in [-0.39, 0.29) is 11.8 Å². The number of carbonyl (C=O) groups is 1. The Labute approximate surface area is 130 Å². The number of hydrogen-bond acceptors (Lipinski definition) is 4. The fourth-order valence-electron chi connectivity index (χ4n) is 1.69. The summed E-state index contributed by atoms with van der Waals surface area (Å²) in [7, 11) is 0. The number of ether oxygens (including phenoxy) is 1. The average Bonchev–Trinajstić information content (AvgIpc) is 2.32. The molecule has 0 fully saturated rings. The molecule has 5 nitrogen and oxygen atoms in total. The Morgan fingerprint density at radius 2 is 2.10 bits per heavy atom. The molecule has 0 radical (unpaired) electrons. The molecule has 0 aromatic heterocycles. The molecule has 0 aliphatic carbocycles. The smallest absolute Gasteiger partial charge is 0.407 e. The van der Waals surface area contributed by atoms with E-state index in [1.165, 1.54) is 0 Å². The topological polar surface area (TPSA) is 70.6 Å². The molecular formula is C15H23ClN2O3. The van der Waals surface area contributed by atoms with Crippen LogP contribution in [0.4, 0.5) is 4.79 Å². The van der Waals surface area contributed by atoms with Crippen LogP contribution in [0.15, 0.2) is 18.2 Å². The molecule has 21 heavy (non-hydrogen) atoms. The predicted molar refractivity (Wildman–Crippen MR) is 83.7 cm³/mol. The number of phenols is 1. The zero-order valence-corrected chi connectivity index (χ0v) is 13.6. The number of nitrogens with one attached hydrogen (secondary N) is 2. The number of rotatable bonds is 5. The highest BCUT2D eigenvalue weighted by Crippen LogP contribution is 2.26. The summed E-state index contributed by atoms with van der Waals surface area (Å²) in [5.41, 5.74) is 0.205. The van der Waals surface area contributed by atoms with E-state index in [9.17, 15) is 9.90 Å². The number of amides is 1. The van der Waals surface area contributed by atoms with Crippen molar-refractivity contribution in [3.8, 4) is 5.75 Å². The first-order valence-electron chi connectivity index (χ1n) is 6.85. The minimum absolute atomic E-state index is 0.0828. The van der Waals surface area contributed by atoms with Crippen molar-refractivity contribution in [2.75, 3.05) is 6.54 Å². The van der Waals surface area contributed by atoms with Gasteiger partial charge in [-0.2, -0.15) is 0 Å². The number of hydrogen-bond donors (Lipinski definition) is 3. The van der Waals surface area contributed by atoms with Gasteiger partial charge in [0.15, 0.2) is 0 Å². The maximum Gasteiger partial charge on any atom is 0.407 e. The Kier molecular flexibility index (Phi) is 6.30. The molecular weight excluding hydrogens is 292 g/mol. The highest BCUT2D eigenvalue weighted by molar-refractivity contribution is 6.32. The molecule has 0 heterocycles. The molecule has 6 heteroatoms. The first-order valence-corrected chi connectivity index (χ1v) is 7.23. The zero-order chi connectivity index (χ0) is 16.0. The first kappa shape index (κ1) is 17.6. The molecule has 0 saturated heterocycles. The number of carbonyl (C=O) groups excluding carboxylic acids is 1. The Hall–Kier alpha value is -1.46. The maximum absolute atomic E-state index is 11.6. The Morgan fingerprint density at radius 1 is 1.43 bits per heavy atom. The SMILES string of the molecule is CC(CNCc1cccc(Cl)c1O)NC(=O)OC(C)(C)C. The molecule has 1 rings (SSSR count). The van der Waals surface area contributed by atoms with Crippen LogP contribution in [0.25, 0.3) is 0 Å². The van der Waals surface area contributed by atoms with Crippen LogP contribution in [0.2, 0.25) is 5.02 Å². The molecule has 3 N–H and O–H groups in total. The molecule has 1 aromatic rings. The van der Waals surface area contributed by atoms with Crippen LogP contribution < -0.4 is 10.6 Å². The highest BCUT2D eigenvalue weighted by atomic mass is 35.5. The van der Waals surface area contributed by atoms with Gasteiger partial charge in [-0.3, -0.25) is 0 Å². The minimum atomic E-state index is -0.510. The number of para-hydroxylation sites is 1. The lowest BCUT2D eigenvalue weighted by atomic mass is 10.2. The molecule has 118 valence electrons. The first-order chi connectivity index (χ1) is 9.69. The lowest BCUT2D eigenvalue weighted by molar-refractivity contribution is 0.0508. The van der Waals surface area contributed by atoms with E-state index in [1.807, 2.05) is 27.7 Å². The van der Waals surface area contributed by atoms with Crippen molar-refractivity contribution in [1.29, 1.82) is 0 Å². The third-order valence-electron chi connectivity index (χ3n) is 2.60. The third kappa shape index (κ3) is 6.69. The van der Waals surface area contributed by atoms with E-state index in [1.54, 1.807) is 18.2 Å². The fraction of sp³-hybridized carbons (Fsp3) is 0.533. The fourth-order valence-corrected chi connectivity index (χ4v) is 1.88. The summed E-state index contributed by atoms with van der Waals surface area (Å²) < 4.78 is 5.17. The summed E-state index contributed by atoms with van der Waals surface area (Å²) in [4.78, 5) is 11.6. The van der Waals surface area contributed by atoms with Gasteiger partial charge in [0.25, 0.3) is 0 Å². The zero-order valence-electron chi connectivity index (χ0n) is 12.9. The number of alkyl carbamates (subject to hydrolysis) is 1. The second-order valence-electron chi connectivity index (χ2n) is 5.93. The lowest BCUT2D eigenvalue weighted by Gasteiger charge is -2.22. The summed E-state index contributed by atoms with van der Waals surface area (Å²) in [6.45, 7) is 8.33. The monoisotopic (exact) mass is 314 g/mol. The van der Waals surface area contributed by atoms with Crippen LogP contribution in [0, 0.1) is 0 Å². The van der Waals surface area contributed by atoms with Gasteiger partial charge in [-0.1, -0.05) is 23.7 Å². The minimum Gasteiger partial charge on any atom is -0.506 e. The quantitative estimate of drug-likeness (QED) is 0.781. The van der Waals surface area contributed by atoms with Crippen molar-refractivity contribution in [2.45, 2.75) is 45.9 Å². The van der Waals surface area contributed by atoms with Gasteiger partial charge in [-0.25, -0.2) is 4.79 Å². The van der Waals surface area contributed by atoms with Crippen molar-refractivity contribution in [1.82, 2.24) is 10.6 Å². The molecule has 0 bridgehead atoms. The molecule has 1 atom stereocenters. The summed E-state index contributed by atoms with van der Waals surface area (Å²) in [5, 5.41) is 16.0. The van der Waals surface area contributed by atoms with E-state index in [4.69, 9.17) is 16.3 Å². The molecule has 0 aliphatic heterocycles. The van der Waals surface area contributed by atoms with Crippen molar-refractivity contribution in [3.63, 3.8) is 0 Å². The summed E-state index contributed by atoms with van der Waals surface area (Å²) in [6.07, 6.45) is -0.442. The number of halogens is 1. The molecule has 1 amide bonds. The van der Waals surface area contributed by atoms with E-state index < -0.39 is 11.7 Å². The van der Waals surface area contributed by atoms with Gasteiger partial charge in [0.2, 0.25) is 0 Å². The molecule has 1 aromatic carbocycles.